The van der Waals surface area contributed by atoms with Crippen molar-refractivity contribution in [2.24, 2.45) is 0 Å². The van der Waals surface area contributed by atoms with E-state index in [-0.39, 0.29) is 11.9 Å². The van der Waals surface area contributed by atoms with E-state index in [1.807, 2.05) is 49.5 Å². The van der Waals surface area contributed by atoms with E-state index in [9.17, 15) is 4.79 Å². The third kappa shape index (κ3) is 4.49. The Labute approximate surface area is 172 Å². The molecule has 6 nitrogen and oxygen atoms in total. The Morgan fingerprint density at radius 1 is 1.10 bits per heavy atom. The smallest absolute Gasteiger partial charge is 0.241 e. The van der Waals surface area contributed by atoms with Gasteiger partial charge < -0.3 is 9.72 Å². The van der Waals surface area contributed by atoms with Crippen molar-refractivity contribution in [3.8, 4) is 0 Å². The second kappa shape index (κ2) is 8.35. The Kier molecular flexibility index (Phi) is 5.65. The zero-order chi connectivity index (χ0) is 20.4. The van der Waals surface area contributed by atoms with Crippen LogP contribution in [0.4, 0.5) is 5.69 Å². The lowest BCUT2D eigenvalue weighted by atomic mass is 10.1. The third-order valence-corrected chi connectivity index (χ3v) is 5.91. The van der Waals surface area contributed by atoms with Gasteiger partial charge in [0.2, 0.25) is 5.91 Å². The van der Waals surface area contributed by atoms with Gasteiger partial charge in [-0.3, -0.25) is 14.6 Å². The van der Waals surface area contributed by atoms with Crippen molar-refractivity contribution >= 4 is 17.2 Å². The van der Waals surface area contributed by atoms with Crippen LogP contribution < -0.4 is 5.32 Å². The molecule has 1 saturated heterocycles. The summed E-state index contributed by atoms with van der Waals surface area (Å²) in [6.45, 7) is 10.6. The lowest BCUT2D eigenvalue weighted by Gasteiger charge is -2.37. The molecule has 0 bridgehead atoms. The molecule has 1 aromatic carbocycles. The summed E-state index contributed by atoms with van der Waals surface area (Å²) < 4.78 is 2.06. The molecule has 1 unspecified atom stereocenters. The first kappa shape index (κ1) is 19.6. The first-order valence-corrected chi connectivity index (χ1v) is 10.3. The predicted octanol–water partition coefficient (Wildman–Crippen LogP) is 3.10. The van der Waals surface area contributed by atoms with Gasteiger partial charge in [0, 0.05) is 50.8 Å². The van der Waals surface area contributed by atoms with E-state index in [1.54, 1.807) is 0 Å². The van der Waals surface area contributed by atoms with Gasteiger partial charge >= 0.3 is 0 Å². The van der Waals surface area contributed by atoms with Crippen LogP contribution in [0.3, 0.4) is 0 Å². The van der Waals surface area contributed by atoms with Crippen molar-refractivity contribution in [1.29, 1.82) is 0 Å². The molecule has 2 aromatic heterocycles. The average molecular weight is 392 g/mol. The fourth-order valence-corrected chi connectivity index (χ4v) is 3.83. The standard InChI is InChI=1S/C23H29N5O/c1-17-7-8-20(14-18(17)2)25-23(29)19(3)27-12-10-26(11-13-27)15-21-16-28-9-5-4-6-22(28)24-21/h4-9,14,16,19H,10-13,15H2,1-3H3,(H,25,29). The summed E-state index contributed by atoms with van der Waals surface area (Å²) in [6.07, 6.45) is 4.13. The highest BCUT2D eigenvalue weighted by Crippen LogP contribution is 2.16. The van der Waals surface area contributed by atoms with Crippen molar-refractivity contribution < 1.29 is 4.79 Å². The summed E-state index contributed by atoms with van der Waals surface area (Å²) in [5, 5.41) is 3.07. The van der Waals surface area contributed by atoms with Crippen LogP contribution >= 0.6 is 0 Å². The van der Waals surface area contributed by atoms with E-state index in [0.29, 0.717) is 0 Å². The van der Waals surface area contributed by atoms with E-state index < -0.39 is 0 Å². The summed E-state index contributed by atoms with van der Waals surface area (Å²) in [5.74, 6) is 0.0575. The number of aromatic nitrogens is 2. The maximum absolute atomic E-state index is 12.7. The Morgan fingerprint density at radius 3 is 2.62 bits per heavy atom. The molecule has 1 N–H and O–H groups in total. The zero-order valence-electron chi connectivity index (χ0n) is 17.4. The van der Waals surface area contributed by atoms with Gasteiger partial charge in [0.25, 0.3) is 0 Å². The highest BCUT2D eigenvalue weighted by atomic mass is 16.2. The van der Waals surface area contributed by atoms with Crippen LogP contribution in [0.25, 0.3) is 5.65 Å². The third-order valence-electron chi connectivity index (χ3n) is 5.91. The van der Waals surface area contributed by atoms with Gasteiger partial charge in [0.15, 0.2) is 0 Å². The second-order valence-electron chi connectivity index (χ2n) is 7.97. The lowest BCUT2D eigenvalue weighted by molar-refractivity contribution is -0.121. The van der Waals surface area contributed by atoms with Gasteiger partial charge in [0.1, 0.15) is 5.65 Å². The molecule has 1 aliphatic heterocycles. The van der Waals surface area contributed by atoms with E-state index >= 15 is 0 Å². The number of hydrogen-bond donors (Lipinski definition) is 1. The quantitative estimate of drug-likeness (QED) is 0.726. The summed E-state index contributed by atoms with van der Waals surface area (Å²) >= 11 is 0. The molecule has 29 heavy (non-hydrogen) atoms. The number of imidazole rings is 1. The van der Waals surface area contributed by atoms with Crippen LogP contribution in [0.2, 0.25) is 0 Å². The van der Waals surface area contributed by atoms with Crippen molar-refractivity contribution in [1.82, 2.24) is 19.2 Å². The zero-order valence-corrected chi connectivity index (χ0v) is 17.4. The van der Waals surface area contributed by atoms with Crippen LogP contribution in [-0.4, -0.2) is 57.3 Å². The number of carbonyl (C=O) groups excluding carboxylic acids is 1. The van der Waals surface area contributed by atoms with Gasteiger partial charge in [-0.15, -0.1) is 0 Å². The number of rotatable bonds is 5. The molecule has 6 heteroatoms. The van der Waals surface area contributed by atoms with Gasteiger partial charge in [-0.05, 0) is 56.2 Å². The van der Waals surface area contributed by atoms with Gasteiger partial charge in [0.05, 0.1) is 11.7 Å². The SMILES string of the molecule is Cc1ccc(NC(=O)C(C)N2CCN(Cc3cn4ccccc4n3)CC2)cc1C. The number of fused-ring (bicyclic) bond motifs is 1. The summed E-state index contributed by atoms with van der Waals surface area (Å²) in [7, 11) is 0. The van der Waals surface area contributed by atoms with Crippen LogP contribution in [0.15, 0.2) is 48.8 Å². The topological polar surface area (TPSA) is 52.9 Å². The molecule has 3 heterocycles. The molecule has 0 saturated carbocycles. The van der Waals surface area contributed by atoms with Crippen LogP contribution in [-0.2, 0) is 11.3 Å². The molecule has 0 aliphatic carbocycles. The van der Waals surface area contributed by atoms with Crippen LogP contribution in [0, 0.1) is 13.8 Å². The summed E-state index contributed by atoms with van der Waals surface area (Å²) in [6, 6.07) is 12.0. The average Bonchev–Trinajstić information content (AvgIpc) is 3.13. The highest BCUT2D eigenvalue weighted by molar-refractivity contribution is 5.94. The number of piperazine rings is 1. The first-order valence-electron chi connectivity index (χ1n) is 10.3. The molecule has 1 atom stereocenters. The molecule has 1 fully saturated rings. The lowest BCUT2D eigenvalue weighted by Crippen LogP contribution is -2.52. The minimum absolute atomic E-state index is 0.0575. The van der Waals surface area contributed by atoms with Crippen molar-refractivity contribution in [3.63, 3.8) is 0 Å². The van der Waals surface area contributed by atoms with Crippen LogP contribution in [0.5, 0.6) is 0 Å². The molecule has 1 amide bonds. The van der Waals surface area contributed by atoms with Crippen molar-refractivity contribution in [2.45, 2.75) is 33.4 Å². The van der Waals surface area contributed by atoms with Gasteiger partial charge in [-0.2, -0.15) is 0 Å². The number of amides is 1. The molecule has 0 spiro atoms. The van der Waals surface area contributed by atoms with E-state index in [4.69, 9.17) is 4.98 Å². The Morgan fingerprint density at radius 2 is 1.90 bits per heavy atom. The number of pyridine rings is 1. The fourth-order valence-electron chi connectivity index (χ4n) is 3.83. The number of hydrogen-bond acceptors (Lipinski definition) is 4. The van der Waals surface area contributed by atoms with E-state index in [2.05, 4.69) is 39.6 Å². The minimum Gasteiger partial charge on any atom is -0.325 e. The Bertz CT molecular complexity index is 970. The fraction of sp³-hybridized carbons (Fsp3) is 0.391. The molecular weight excluding hydrogens is 362 g/mol. The number of benzene rings is 1. The van der Waals surface area contributed by atoms with Crippen molar-refractivity contribution in [3.05, 3.63) is 65.6 Å². The minimum atomic E-state index is -0.144. The predicted molar refractivity (Wildman–Crippen MR) is 116 cm³/mol. The molecule has 3 aromatic rings. The van der Waals surface area contributed by atoms with Gasteiger partial charge in [-0.1, -0.05) is 12.1 Å². The molecule has 0 radical (unpaired) electrons. The summed E-state index contributed by atoms with van der Waals surface area (Å²) in [4.78, 5) is 22.1. The Hall–Kier alpha value is -2.70. The maximum atomic E-state index is 12.7. The number of aryl methyl sites for hydroxylation is 2. The summed E-state index contributed by atoms with van der Waals surface area (Å²) in [5.41, 5.74) is 5.37. The second-order valence-corrected chi connectivity index (χ2v) is 7.97. The maximum Gasteiger partial charge on any atom is 0.241 e. The van der Waals surface area contributed by atoms with E-state index in [0.717, 1.165) is 49.8 Å². The van der Waals surface area contributed by atoms with E-state index in [1.165, 1.54) is 11.1 Å². The molecular formula is C23H29N5O. The normalized spacial score (nSPS) is 16.8. The molecule has 152 valence electrons. The number of nitrogens with zero attached hydrogens (tertiary/aromatic N) is 4. The first-order chi connectivity index (χ1) is 14.0. The number of nitrogens with one attached hydrogen (secondary N) is 1. The van der Waals surface area contributed by atoms with Gasteiger partial charge in [-0.25, -0.2) is 4.98 Å². The molecule has 1 aliphatic rings. The van der Waals surface area contributed by atoms with Crippen molar-refractivity contribution in [2.75, 3.05) is 31.5 Å². The largest absolute Gasteiger partial charge is 0.325 e. The Balaban J connectivity index is 1.30. The monoisotopic (exact) mass is 391 g/mol. The highest BCUT2D eigenvalue weighted by Gasteiger charge is 2.26. The van der Waals surface area contributed by atoms with Crippen LogP contribution in [0.1, 0.15) is 23.7 Å². The molecule has 4 rings (SSSR count). The number of anilines is 1. The number of carbonyl (C=O) groups is 1.